The molecule has 1 aromatic heterocycles. The number of pyridine rings is 1. The molecule has 39 heavy (non-hydrogen) atoms. The average molecular weight is 498 g/mol. The summed E-state index contributed by atoms with van der Waals surface area (Å²) in [7, 11) is 0. The molecule has 1 aliphatic carbocycles. The summed E-state index contributed by atoms with van der Waals surface area (Å²) in [6.07, 6.45) is 8.77. The Balaban J connectivity index is 1.17. The van der Waals surface area contributed by atoms with Gasteiger partial charge in [0.1, 0.15) is 11.9 Å². The van der Waals surface area contributed by atoms with E-state index in [0.29, 0.717) is 0 Å². The maximum atomic E-state index is 6.39. The van der Waals surface area contributed by atoms with Crippen LogP contribution in [-0.2, 0) is 0 Å². The van der Waals surface area contributed by atoms with Gasteiger partial charge in [-0.25, -0.2) is 0 Å². The largest absolute Gasteiger partial charge is 0.485 e. The van der Waals surface area contributed by atoms with Crippen LogP contribution < -0.4 is 4.74 Å². The van der Waals surface area contributed by atoms with Gasteiger partial charge in [-0.1, -0.05) is 91.0 Å². The average Bonchev–Trinajstić information content (AvgIpc) is 3.37. The maximum Gasteiger partial charge on any atom is 0.128 e. The van der Waals surface area contributed by atoms with E-state index in [1.54, 1.807) is 0 Å². The number of aromatic nitrogens is 1. The standard InChI is InChI=1S/C37H23NO/c1-3-23-7-8-25-10-14-29(30-15-11-24(4-1)36(23)37(25)30)28-13-17-35-32(20-28)31-19-26(12-16-34(31)39-35)27-9-6-22-5-2-18-38-33(22)21-27/h1-21,32,35H. The summed E-state index contributed by atoms with van der Waals surface area (Å²) >= 11 is 0. The molecule has 0 radical (unpaired) electrons. The minimum atomic E-state index is 0.0251. The smallest absolute Gasteiger partial charge is 0.128 e. The predicted octanol–water partition coefficient (Wildman–Crippen LogP) is 9.30. The summed E-state index contributed by atoms with van der Waals surface area (Å²) in [4.78, 5) is 4.56. The quantitative estimate of drug-likeness (QED) is 0.222. The van der Waals surface area contributed by atoms with Gasteiger partial charge < -0.3 is 4.74 Å². The van der Waals surface area contributed by atoms with Crippen LogP contribution in [0.1, 0.15) is 17.0 Å². The molecule has 0 fully saturated rings. The fraction of sp³-hybridized carbons (Fsp3) is 0.0541. The van der Waals surface area contributed by atoms with Crippen molar-refractivity contribution in [2.24, 2.45) is 0 Å². The van der Waals surface area contributed by atoms with Crippen LogP contribution in [0.3, 0.4) is 0 Å². The first-order valence-electron chi connectivity index (χ1n) is 13.5. The third-order valence-corrected chi connectivity index (χ3v) is 8.59. The third-order valence-electron chi connectivity index (χ3n) is 8.59. The summed E-state index contributed by atoms with van der Waals surface area (Å²) < 4.78 is 6.39. The monoisotopic (exact) mass is 497 g/mol. The minimum absolute atomic E-state index is 0.0251. The normalized spacial score (nSPS) is 18.0. The molecular formula is C37H23NO. The molecule has 182 valence electrons. The Morgan fingerprint density at radius 1 is 0.641 bits per heavy atom. The Labute approximate surface area is 225 Å². The van der Waals surface area contributed by atoms with Crippen LogP contribution in [0.25, 0.3) is 59.9 Å². The van der Waals surface area contributed by atoms with Crippen molar-refractivity contribution in [3.63, 3.8) is 0 Å². The lowest BCUT2D eigenvalue weighted by Gasteiger charge is -2.20. The summed E-state index contributed by atoms with van der Waals surface area (Å²) in [5.74, 6) is 1.15. The van der Waals surface area contributed by atoms with E-state index in [0.717, 1.165) is 16.7 Å². The highest BCUT2D eigenvalue weighted by Gasteiger charge is 2.34. The lowest BCUT2D eigenvalue weighted by atomic mass is 9.83. The van der Waals surface area contributed by atoms with Gasteiger partial charge in [0.05, 0.1) is 5.52 Å². The molecule has 9 rings (SSSR count). The first-order chi connectivity index (χ1) is 19.3. The molecule has 2 heteroatoms. The van der Waals surface area contributed by atoms with Crippen molar-refractivity contribution in [2.75, 3.05) is 0 Å². The highest BCUT2D eigenvalue weighted by atomic mass is 16.5. The van der Waals surface area contributed by atoms with Crippen molar-refractivity contribution < 1.29 is 4.74 Å². The zero-order valence-electron chi connectivity index (χ0n) is 21.1. The van der Waals surface area contributed by atoms with E-state index in [9.17, 15) is 0 Å². The van der Waals surface area contributed by atoms with Gasteiger partial charge in [0.25, 0.3) is 0 Å². The lowest BCUT2D eigenvalue weighted by Crippen LogP contribution is -2.17. The Bertz CT molecular complexity index is 2150. The number of benzene rings is 6. The van der Waals surface area contributed by atoms with Gasteiger partial charge in [-0.15, -0.1) is 0 Å². The summed E-state index contributed by atoms with van der Waals surface area (Å²) in [5, 5.41) is 9.06. The molecule has 0 spiro atoms. The first-order valence-corrected chi connectivity index (χ1v) is 13.5. The van der Waals surface area contributed by atoms with Crippen molar-refractivity contribution in [2.45, 2.75) is 12.0 Å². The second kappa shape index (κ2) is 7.78. The number of allylic oxidation sites excluding steroid dienone is 2. The Kier molecular flexibility index (Phi) is 4.20. The number of ether oxygens (including phenoxy) is 1. The van der Waals surface area contributed by atoms with Crippen LogP contribution in [0.5, 0.6) is 5.75 Å². The molecule has 0 saturated carbocycles. The first kappa shape index (κ1) is 21.0. The van der Waals surface area contributed by atoms with Gasteiger partial charge >= 0.3 is 0 Å². The van der Waals surface area contributed by atoms with Gasteiger partial charge in [-0.2, -0.15) is 0 Å². The fourth-order valence-electron chi connectivity index (χ4n) is 6.70. The fourth-order valence-corrected chi connectivity index (χ4v) is 6.70. The minimum Gasteiger partial charge on any atom is -0.485 e. The van der Waals surface area contributed by atoms with E-state index in [2.05, 4.69) is 120 Å². The molecule has 2 atom stereocenters. The molecule has 1 aliphatic heterocycles. The van der Waals surface area contributed by atoms with Gasteiger partial charge in [0.15, 0.2) is 0 Å². The molecule has 2 unspecified atom stereocenters. The van der Waals surface area contributed by atoms with Crippen LogP contribution in [-0.4, -0.2) is 11.1 Å². The molecule has 2 aliphatic rings. The number of hydrogen-bond donors (Lipinski definition) is 0. The van der Waals surface area contributed by atoms with Gasteiger partial charge in [-0.05, 0) is 84.9 Å². The van der Waals surface area contributed by atoms with Gasteiger partial charge in [0, 0.05) is 23.1 Å². The Morgan fingerprint density at radius 2 is 1.38 bits per heavy atom. The Morgan fingerprint density at radius 3 is 2.31 bits per heavy atom. The maximum absolute atomic E-state index is 6.39. The molecule has 6 aromatic carbocycles. The second-order valence-electron chi connectivity index (χ2n) is 10.7. The number of nitrogens with zero attached hydrogens (tertiary/aromatic N) is 1. The molecule has 0 amide bonds. The third kappa shape index (κ3) is 3.06. The van der Waals surface area contributed by atoms with Crippen LogP contribution in [0.4, 0.5) is 0 Å². The van der Waals surface area contributed by atoms with Crippen molar-refractivity contribution in [3.05, 3.63) is 139 Å². The molecule has 2 nitrogen and oxygen atoms in total. The van der Waals surface area contributed by atoms with Crippen molar-refractivity contribution in [1.82, 2.24) is 4.98 Å². The number of fused-ring (bicyclic) bond motifs is 4. The highest BCUT2D eigenvalue weighted by Crippen LogP contribution is 2.46. The topological polar surface area (TPSA) is 22.1 Å². The van der Waals surface area contributed by atoms with E-state index in [-0.39, 0.29) is 12.0 Å². The van der Waals surface area contributed by atoms with Crippen LogP contribution in [0.15, 0.2) is 128 Å². The van der Waals surface area contributed by atoms with E-state index < -0.39 is 0 Å². The van der Waals surface area contributed by atoms with E-state index in [4.69, 9.17) is 4.74 Å². The van der Waals surface area contributed by atoms with Gasteiger partial charge in [0.2, 0.25) is 0 Å². The molecule has 2 heterocycles. The number of hydrogen-bond acceptors (Lipinski definition) is 2. The van der Waals surface area contributed by atoms with Crippen molar-refractivity contribution in [1.29, 1.82) is 0 Å². The molecule has 0 bridgehead atoms. The van der Waals surface area contributed by atoms with Crippen LogP contribution >= 0.6 is 0 Å². The number of rotatable bonds is 2. The molecular weight excluding hydrogens is 474 g/mol. The lowest BCUT2D eigenvalue weighted by molar-refractivity contribution is 0.269. The predicted molar refractivity (Wildman–Crippen MR) is 162 cm³/mol. The van der Waals surface area contributed by atoms with Crippen LogP contribution in [0, 0.1) is 0 Å². The second-order valence-corrected chi connectivity index (χ2v) is 10.7. The Hall–Kier alpha value is -4.95. The zero-order valence-corrected chi connectivity index (χ0v) is 21.1. The molecule has 7 aromatic rings. The van der Waals surface area contributed by atoms with E-state index in [1.807, 2.05) is 12.3 Å². The van der Waals surface area contributed by atoms with Gasteiger partial charge in [-0.3, -0.25) is 4.98 Å². The molecule has 0 saturated heterocycles. The highest BCUT2D eigenvalue weighted by molar-refractivity contribution is 6.24. The summed E-state index contributed by atoms with van der Waals surface area (Å²) in [6, 6.07) is 37.4. The SMILES string of the molecule is C1=CC2Oc3ccc(-c4ccc5cccnc5c4)cc3C2C=C1c1ccc2ccc3cccc4ccc1c2c34. The van der Waals surface area contributed by atoms with E-state index >= 15 is 0 Å². The van der Waals surface area contributed by atoms with Crippen LogP contribution in [0.2, 0.25) is 0 Å². The van der Waals surface area contributed by atoms with Crippen molar-refractivity contribution in [3.8, 4) is 16.9 Å². The summed E-state index contributed by atoms with van der Waals surface area (Å²) in [6.45, 7) is 0. The zero-order chi connectivity index (χ0) is 25.5. The summed E-state index contributed by atoms with van der Waals surface area (Å²) in [5.41, 5.74) is 7.17. The van der Waals surface area contributed by atoms with E-state index in [1.165, 1.54) is 60.1 Å². The molecule has 0 N–H and O–H groups in total. The van der Waals surface area contributed by atoms with Crippen molar-refractivity contribution >= 4 is 48.8 Å².